The number of hydrogen-bond donors (Lipinski definition) is 3. The fourth-order valence-corrected chi connectivity index (χ4v) is 1.89. The van der Waals surface area contributed by atoms with Crippen molar-refractivity contribution in [3.8, 4) is 0 Å². The van der Waals surface area contributed by atoms with Crippen molar-refractivity contribution in [2.75, 3.05) is 18.5 Å². The first-order valence-corrected chi connectivity index (χ1v) is 7.16. The van der Waals surface area contributed by atoms with Crippen LogP contribution in [0.15, 0.2) is 54.6 Å². The second-order valence-corrected chi connectivity index (χ2v) is 4.75. The number of rotatable bonds is 6. The molecule has 3 N–H and O–H groups in total. The van der Waals surface area contributed by atoms with Crippen LogP contribution in [0.2, 0.25) is 0 Å². The van der Waals surface area contributed by atoms with E-state index in [1.54, 1.807) is 18.2 Å². The Morgan fingerprint density at radius 2 is 1.83 bits per heavy atom. The molecule has 2 rings (SSSR count). The minimum Gasteiger partial charge on any atom is -0.444 e. The topological polar surface area (TPSA) is 87.7 Å². The number of aliphatic hydroxyl groups excluding tert-OH is 1. The van der Waals surface area contributed by atoms with Gasteiger partial charge in [0.1, 0.15) is 6.61 Å². The number of anilines is 1. The van der Waals surface area contributed by atoms with E-state index >= 15 is 0 Å². The average molecular weight is 314 g/mol. The highest BCUT2D eigenvalue weighted by Crippen LogP contribution is 2.11. The summed E-state index contributed by atoms with van der Waals surface area (Å²) in [6.07, 6.45) is -0.596. The maximum atomic E-state index is 11.8. The van der Waals surface area contributed by atoms with Crippen molar-refractivity contribution in [1.82, 2.24) is 5.32 Å². The zero-order valence-corrected chi connectivity index (χ0v) is 12.5. The van der Waals surface area contributed by atoms with Crippen LogP contribution in [0.1, 0.15) is 15.9 Å². The van der Waals surface area contributed by atoms with Gasteiger partial charge >= 0.3 is 6.09 Å². The molecule has 120 valence electrons. The highest BCUT2D eigenvalue weighted by Gasteiger charge is 2.08. The van der Waals surface area contributed by atoms with E-state index < -0.39 is 6.09 Å². The molecule has 2 aromatic carbocycles. The number of amides is 2. The molecule has 6 nitrogen and oxygen atoms in total. The van der Waals surface area contributed by atoms with Crippen LogP contribution in [-0.2, 0) is 11.3 Å². The molecule has 0 aromatic heterocycles. The molecule has 0 aliphatic carbocycles. The van der Waals surface area contributed by atoms with Gasteiger partial charge in [0.15, 0.2) is 0 Å². The fraction of sp³-hybridized carbons (Fsp3) is 0.176. The van der Waals surface area contributed by atoms with Crippen LogP contribution in [0.4, 0.5) is 10.5 Å². The number of hydrogen-bond acceptors (Lipinski definition) is 4. The van der Waals surface area contributed by atoms with E-state index in [1.165, 1.54) is 6.07 Å². The van der Waals surface area contributed by atoms with Gasteiger partial charge in [0.25, 0.3) is 5.91 Å². The standard InChI is InChI=1S/C17H18N2O4/c20-10-9-18-16(21)14-7-4-8-15(11-14)19-17(22)23-12-13-5-2-1-3-6-13/h1-8,11,20H,9-10,12H2,(H,18,21)(H,19,22). The van der Waals surface area contributed by atoms with E-state index in [-0.39, 0.29) is 25.7 Å². The summed E-state index contributed by atoms with van der Waals surface area (Å²) in [5.41, 5.74) is 1.74. The Kier molecular flexibility index (Phi) is 6.14. The molecule has 0 unspecified atom stereocenters. The number of aliphatic hydroxyl groups is 1. The zero-order chi connectivity index (χ0) is 16.5. The molecule has 0 aliphatic rings. The first-order valence-electron chi connectivity index (χ1n) is 7.16. The van der Waals surface area contributed by atoms with E-state index in [4.69, 9.17) is 9.84 Å². The van der Waals surface area contributed by atoms with Gasteiger partial charge in [0.2, 0.25) is 0 Å². The summed E-state index contributed by atoms with van der Waals surface area (Å²) < 4.78 is 5.11. The second kappa shape index (κ2) is 8.55. The fourth-order valence-electron chi connectivity index (χ4n) is 1.89. The summed E-state index contributed by atoms with van der Waals surface area (Å²) >= 11 is 0. The summed E-state index contributed by atoms with van der Waals surface area (Å²) in [7, 11) is 0. The van der Waals surface area contributed by atoms with Gasteiger partial charge in [-0.05, 0) is 23.8 Å². The lowest BCUT2D eigenvalue weighted by atomic mass is 10.2. The molecule has 0 spiro atoms. The SMILES string of the molecule is O=C(Nc1cccc(C(=O)NCCO)c1)OCc1ccccc1. The van der Waals surface area contributed by atoms with Gasteiger partial charge in [-0.1, -0.05) is 36.4 Å². The molecule has 23 heavy (non-hydrogen) atoms. The molecule has 0 bridgehead atoms. The van der Waals surface area contributed by atoms with Crippen LogP contribution in [-0.4, -0.2) is 30.3 Å². The van der Waals surface area contributed by atoms with Gasteiger partial charge in [-0.2, -0.15) is 0 Å². The molecule has 0 atom stereocenters. The predicted molar refractivity (Wildman–Crippen MR) is 86.1 cm³/mol. The van der Waals surface area contributed by atoms with Crippen molar-refractivity contribution in [2.45, 2.75) is 6.61 Å². The number of carbonyl (C=O) groups is 2. The molecule has 0 saturated carbocycles. The van der Waals surface area contributed by atoms with Gasteiger partial charge in [0.05, 0.1) is 6.61 Å². The molecule has 0 saturated heterocycles. The maximum absolute atomic E-state index is 11.8. The Hall–Kier alpha value is -2.86. The van der Waals surface area contributed by atoms with E-state index in [0.717, 1.165) is 5.56 Å². The monoisotopic (exact) mass is 314 g/mol. The Morgan fingerprint density at radius 1 is 1.04 bits per heavy atom. The van der Waals surface area contributed by atoms with Crippen LogP contribution in [0.5, 0.6) is 0 Å². The van der Waals surface area contributed by atoms with Gasteiger partial charge in [-0.25, -0.2) is 4.79 Å². The largest absolute Gasteiger partial charge is 0.444 e. The summed E-state index contributed by atoms with van der Waals surface area (Å²) in [5, 5.41) is 13.8. The normalized spacial score (nSPS) is 9.96. The lowest BCUT2D eigenvalue weighted by molar-refractivity contribution is 0.0944. The van der Waals surface area contributed by atoms with E-state index in [2.05, 4.69) is 10.6 Å². The summed E-state index contributed by atoms with van der Waals surface area (Å²) in [6.45, 7) is 0.217. The van der Waals surface area contributed by atoms with Crippen LogP contribution < -0.4 is 10.6 Å². The van der Waals surface area contributed by atoms with Crippen molar-refractivity contribution in [3.05, 3.63) is 65.7 Å². The number of nitrogens with one attached hydrogen (secondary N) is 2. The predicted octanol–water partition coefficient (Wildman–Crippen LogP) is 2.16. The van der Waals surface area contributed by atoms with E-state index in [9.17, 15) is 9.59 Å². The van der Waals surface area contributed by atoms with Crippen molar-refractivity contribution in [1.29, 1.82) is 0 Å². The molecule has 0 heterocycles. The lowest BCUT2D eigenvalue weighted by Gasteiger charge is -2.09. The minimum absolute atomic E-state index is 0.129. The van der Waals surface area contributed by atoms with Gasteiger partial charge in [-0.3, -0.25) is 10.1 Å². The molecule has 0 fully saturated rings. The van der Waals surface area contributed by atoms with Crippen LogP contribution in [0, 0.1) is 0 Å². The van der Waals surface area contributed by atoms with Gasteiger partial charge < -0.3 is 15.2 Å². The summed E-state index contributed by atoms with van der Waals surface area (Å²) in [6, 6.07) is 15.8. The second-order valence-electron chi connectivity index (χ2n) is 4.75. The van der Waals surface area contributed by atoms with E-state index in [1.807, 2.05) is 30.3 Å². The molecule has 0 aliphatic heterocycles. The molecular formula is C17H18N2O4. The maximum Gasteiger partial charge on any atom is 0.411 e. The van der Waals surface area contributed by atoms with Crippen molar-refractivity contribution in [3.63, 3.8) is 0 Å². The third kappa shape index (κ3) is 5.44. The highest BCUT2D eigenvalue weighted by atomic mass is 16.5. The molecule has 0 radical (unpaired) electrons. The van der Waals surface area contributed by atoms with Crippen LogP contribution in [0.3, 0.4) is 0 Å². The van der Waals surface area contributed by atoms with Crippen LogP contribution in [0.25, 0.3) is 0 Å². The minimum atomic E-state index is -0.596. The smallest absolute Gasteiger partial charge is 0.411 e. The zero-order valence-electron chi connectivity index (χ0n) is 12.5. The Morgan fingerprint density at radius 3 is 2.57 bits per heavy atom. The number of carbonyl (C=O) groups excluding carboxylic acids is 2. The first kappa shape index (κ1) is 16.5. The highest BCUT2D eigenvalue weighted by molar-refractivity contribution is 5.96. The number of benzene rings is 2. The molecule has 2 amide bonds. The number of ether oxygens (including phenoxy) is 1. The third-order valence-electron chi connectivity index (χ3n) is 2.98. The van der Waals surface area contributed by atoms with Crippen molar-refractivity contribution in [2.24, 2.45) is 0 Å². The van der Waals surface area contributed by atoms with Crippen molar-refractivity contribution < 1.29 is 19.4 Å². The average Bonchev–Trinajstić information content (AvgIpc) is 2.59. The Labute approximate surface area is 134 Å². The third-order valence-corrected chi connectivity index (χ3v) is 2.98. The quantitative estimate of drug-likeness (QED) is 0.762. The molecule has 6 heteroatoms. The Balaban J connectivity index is 1.89. The first-order chi connectivity index (χ1) is 11.2. The van der Waals surface area contributed by atoms with Gasteiger partial charge in [-0.15, -0.1) is 0 Å². The van der Waals surface area contributed by atoms with Crippen molar-refractivity contribution >= 4 is 17.7 Å². The summed E-state index contributed by atoms with van der Waals surface area (Å²) in [5.74, 6) is -0.319. The van der Waals surface area contributed by atoms with Gasteiger partial charge in [0, 0.05) is 17.8 Å². The summed E-state index contributed by atoms with van der Waals surface area (Å²) in [4.78, 5) is 23.6. The van der Waals surface area contributed by atoms with E-state index in [0.29, 0.717) is 11.3 Å². The Bertz CT molecular complexity index is 659. The lowest BCUT2D eigenvalue weighted by Crippen LogP contribution is -2.26. The molecular weight excluding hydrogens is 296 g/mol. The van der Waals surface area contributed by atoms with Crippen LogP contribution >= 0.6 is 0 Å². The molecule has 2 aromatic rings.